The van der Waals surface area contributed by atoms with Crippen LogP contribution in [0.15, 0.2) is 30.3 Å². The Hall–Kier alpha value is -3.86. The largest absolute Gasteiger partial charge is 0.507 e. The lowest BCUT2D eigenvalue weighted by Gasteiger charge is -2.16. The molecule has 0 radical (unpaired) electrons. The Morgan fingerprint density at radius 1 is 1.24 bits per heavy atom. The first-order chi connectivity index (χ1) is 15.9. The van der Waals surface area contributed by atoms with Crippen LogP contribution in [0.25, 0.3) is 10.9 Å². The molecule has 4 rings (SSSR count). The molecule has 0 bridgehead atoms. The van der Waals surface area contributed by atoms with Gasteiger partial charge in [-0.25, -0.2) is 0 Å². The minimum Gasteiger partial charge on any atom is -0.507 e. The van der Waals surface area contributed by atoms with Crippen molar-refractivity contribution in [1.29, 1.82) is 5.26 Å². The van der Waals surface area contributed by atoms with Gasteiger partial charge in [-0.1, -0.05) is 19.9 Å². The molecule has 1 amide bonds. The number of phenols is 1. The average molecular weight is 447 g/mol. The van der Waals surface area contributed by atoms with E-state index in [1.807, 2.05) is 32.0 Å². The second-order valence-electron chi connectivity index (χ2n) is 8.71. The number of aromatic nitrogens is 2. The molecular weight excluding hydrogens is 420 g/mol. The molecule has 1 aliphatic heterocycles. The molecule has 0 spiro atoms. The van der Waals surface area contributed by atoms with Crippen molar-refractivity contribution in [2.24, 2.45) is 5.92 Å². The molecule has 1 aromatic heterocycles. The molecule has 0 fully saturated rings. The zero-order chi connectivity index (χ0) is 23.5. The fraction of sp³-hybridized carbons (Fsp3) is 0.360. The zero-order valence-electron chi connectivity index (χ0n) is 18.7. The van der Waals surface area contributed by atoms with Crippen LogP contribution in [0.3, 0.4) is 0 Å². The van der Waals surface area contributed by atoms with Crippen LogP contribution in [-0.4, -0.2) is 38.5 Å². The number of ketones is 1. The van der Waals surface area contributed by atoms with Crippen LogP contribution in [0, 0.1) is 17.2 Å². The van der Waals surface area contributed by atoms with Crippen LogP contribution < -0.4 is 4.74 Å². The van der Waals surface area contributed by atoms with Gasteiger partial charge in [-0.05, 0) is 41.7 Å². The Kier molecular flexibility index (Phi) is 6.31. The van der Waals surface area contributed by atoms with E-state index in [0.29, 0.717) is 55.6 Å². The maximum absolute atomic E-state index is 13.3. The number of carbonyl (C=O) groups excluding carboxylic acids is 2. The minimum absolute atomic E-state index is 0.101. The Morgan fingerprint density at radius 3 is 2.79 bits per heavy atom. The summed E-state index contributed by atoms with van der Waals surface area (Å²) < 4.78 is 5.70. The van der Waals surface area contributed by atoms with E-state index in [4.69, 9.17) is 10.00 Å². The van der Waals surface area contributed by atoms with Crippen molar-refractivity contribution in [2.45, 2.75) is 46.2 Å². The van der Waals surface area contributed by atoms with Gasteiger partial charge in [0, 0.05) is 37.4 Å². The number of hydrogen-bond donors (Lipinski definition) is 2. The first-order valence-corrected chi connectivity index (χ1v) is 11.0. The number of aromatic amines is 1. The third kappa shape index (κ3) is 4.67. The number of nitrogens with one attached hydrogen (secondary N) is 1. The third-order valence-electron chi connectivity index (χ3n) is 5.66. The molecular formula is C25H26N4O4. The Balaban J connectivity index is 1.53. The molecule has 0 atom stereocenters. The lowest BCUT2D eigenvalue weighted by molar-refractivity contribution is 0.0748. The van der Waals surface area contributed by atoms with E-state index in [9.17, 15) is 14.7 Å². The highest BCUT2D eigenvalue weighted by molar-refractivity contribution is 6.09. The SMILES string of the molecule is CC(C)CC(=O)c1n[nH]c2cc(O)c(C(=O)N3Cc4ccc(OCCCC#N)cc4C3)cc12. The van der Waals surface area contributed by atoms with E-state index >= 15 is 0 Å². The molecule has 3 aromatic rings. The summed E-state index contributed by atoms with van der Waals surface area (Å²) in [5, 5.41) is 26.6. The van der Waals surface area contributed by atoms with Crippen LogP contribution in [-0.2, 0) is 13.1 Å². The van der Waals surface area contributed by atoms with Crippen molar-refractivity contribution in [3.8, 4) is 17.6 Å². The average Bonchev–Trinajstić information content (AvgIpc) is 3.38. The molecule has 2 aromatic carbocycles. The molecule has 2 heterocycles. The van der Waals surface area contributed by atoms with Crippen LogP contribution in [0.1, 0.15) is 65.1 Å². The van der Waals surface area contributed by atoms with Gasteiger partial charge in [0.15, 0.2) is 5.78 Å². The van der Waals surface area contributed by atoms with Crippen molar-refractivity contribution in [1.82, 2.24) is 15.1 Å². The predicted molar refractivity (Wildman–Crippen MR) is 122 cm³/mol. The summed E-state index contributed by atoms with van der Waals surface area (Å²) in [6, 6.07) is 10.8. The predicted octanol–water partition coefficient (Wildman–Crippen LogP) is 4.34. The number of carbonyl (C=O) groups is 2. The van der Waals surface area contributed by atoms with E-state index < -0.39 is 0 Å². The third-order valence-corrected chi connectivity index (χ3v) is 5.66. The topological polar surface area (TPSA) is 119 Å². The van der Waals surface area contributed by atoms with Gasteiger partial charge in [0.1, 0.15) is 17.2 Å². The Morgan fingerprint density at radius 2 is 2.03 bits per heavy atom. The summed E-state index contributed by atoms with van der Waals surface area (Å²) in [5.41, 5.74) is 2.94. The van der Waals surface area contributed by atoms with Crippen LogP contribution >= 0.6 is 0 Å². The van der Waals surface area contributed by atoms with E-state index in [0.717, 1.165) is 11.1 Å². The molecule has 170 valence electrons. The highest BCUT2D eigenvalue weighted by atomic mass is 16.5. The Labute approximate surface area is 191 Å². The number of hydrogen-bond acceptors (Lipinski definition) is 6. The fourth-order valence-corrected chi connectivity index (χ4v) is 4.02. The quantitative estimate of drug-likeness (QED) is 0.392. The second kappa shape index (κ2) is 9.33. The number of nitrogens with zero attached hydrogens (tertiary/aromatic N) is 3. The Bertz CT molecular complexity index is 1260. The number of unbranched alkanes of at least 4 members (excludes halogenated alkanes) is 1. The van der Waals surface area contributed by atoms with Crippen LogP contribution in [0.5, 0.6) is 11.5 Å². The van der Waals surface area contributed by atoms with Crippen molar-refractivity contribution in [3.63, 3.8) is 0 Å². The summed E-state index contributed by atoms with van der Waals surface area (Å²) in [6.07, 6.45) is 1.46. The van der Waals surface area contributed by atoms with Gasteiger partial charge in [0.2, 0.25) is 0 Å². The number of aromatic hydroxyl groups is 1. The van der Waals surface area contributed by atoms with Gasteiger partial charge in [-0.15, -0.1) is 0 Å². The smallest absolute Gasteiger partial charge is 0.258 e. The number of benzene rings is 2. The van der Waals surface area contributed by atoms with E-state index in [-0.39, 0.29) is 34.6 Å². The normalized spacial score (nSPS) is 12.7. The molecule has 2 N–H and O–H groups in total. The van der Waals surface area contributed by atoms with Gasteiger partial charge in [-0.2, -0.15) is 10.4 Å². The second-order valence-corrected chi connectivity index (χ2v) is 8.71. The van der Waals surface area contributed by atoms with Crippen LogP contribution in [0.2, 0.25) is 0 Å². The first-order valence-electron chi connectivity index (χ1n) is 11.0. The van der Waals surface area contributed by atoms with Crippen molar-refractivity contribution in [2.75, 3.05) is 6.61 Å². The van der Waals surface area contributed by atoms with Crippen molar-refractivity contribution in [3.05, 3.63) is 52.7 Å². The number of ether oxygens (including phenoxy) is 1. The summed E-state index contributed by atoms with van der Waals surface area (Å²) in [4.78, 5) is 27.5. The number of fused-ring (bicyclic) bond motifs is 2. The number of Topliss-reactive ketones (excluding diaryl/α,β-unsaturated/α-hetero) is 1. The molecule has 8 heteroatoms. The standard InChI is InChI=1S/C25H26N4O4/c1-15(2)9-23(31)24-19-11-20(22(30)12-21(19)27-28-24)25(32)29-13-16-5-6-18(10-17(16)14-29)33-8-4-3-7-26/h5-6,10-12,15,30H,3-4,8-9,13-14H2,1-2H3,(H,27,28). The number of H-pyrrole nitrogens is 1. The maximum Gasteiger partial charge on any atom is 0.258 e. The molecule has 0 saturated heterocycles. The highest BCUT2D eigenvalue weighted by Crippen LogP contribution is 2.32. The van der Waals surface area contributed by atoms with Gasteiger partial charge < -0.3 is 14.7 Å². The summed E-state index contributed by atoms with van der Waals surface area (Å²) in [5.74, 6) is 0.320. The number of rotatable bonds is 8. The van der Waals surface area contributed by atoms with Gasteiger partial charge in [0.05, 0.1) is 23.8 Å². The fourth-order valence-electron chi connectivity index (χ4n) is 4.02. The van der Waals surface area contributed by atoms with Gasteiger partial charge in [0.25, 0.3) is 5.91 Å². The van der Waals surface area contributed by atoms with Crippen LogP contribution in [0.4, 0.5) is 0 Å². The summed E-state index contributed by atoms with van der Waals surface area (Å²) >= 11 is 0. The maximum atomic E-state index is 13.3. The van der Waals surface area contributed by atoms with Crippen molar-refractivity contribution >= 4 is 22.6 Å². The van der Waals surface area contributed by atoms with Gasteiger partial charge >= 0.3 is 0 Å². The summed E-state index contributed by atoms with van der Waals surface area (Å²) in [7, 11) is 0. The zero-order valence-corrected chi connectivity index (χ0v) is 18.7. The summed E-state index contributed by atoms with van der Waals surface area (Å²) in [6.45, 7) is 5.20. The number of phenolic OH excluding ortho intramolecular Hbond substituents is 1. The first kappa shape index (κ1) is 22.3. The molecule has 0 aliphatic carbocycles. The monoisotopic (exact) mass is 446 g/mol. The van der Waals surface area contributed by atoms with Crippen molar-refractivity contribution < 1.29 is 19.4 Å². The van der Waals surface area contributed by atoms with E-state index in [1.54, 1.807) is 11.0 Å². The number of amides is 1. The van der Waals surface area contributed by atoms with E-state index in [2.05, 4.69) is 16.3 Å². The highest BCUT2D eigenvalue weighted by Gasteiger charge is 2.28. The number of nitriles is 1. The molecule has 33 heavy (non-hydrogen) atoms. The lowest BCUT2D eigenvalue weighted by atomic mass is 10.0. The minimum atomic E-state index is -0.314. The van der Waals surface area contributed by atoms with Gasteiger partial charge in [-0.3, -0.25) is 14.7 Å². The molecule has 0 unspecified atom stereocenters. The van der Waals surface area contributed by atoms with E-state index in [1.165, 1.54) is 6.07 Å². The molecule has 8 nitrogen and oxygen atoms in total. The lowest BCUT2D eigenvalue weighted by Crippen LogP contribution is -2.25. The molecule has 1 aliphatic rings. The molecule has 0 saturated carbocycles.